The summed E-state index contributed by atoms with van der Waals surface area (Å²) in [6, 6.07) is 12.6. The molecule has 2 aliphatic rings. The maximum atomic E-state index is 10.1. The summed E-state index contributed by atoms with van der Waals surface area (Å²) >= 11 is 0. The molecule has 0 aromatic heterocycles. The molecule has 0 saturated heterocycles. The molecule has 4 heteroatoms. The van der Waals surface area contributed by atoms with Gasteiger partial charge in [0.15, 0.2) is 11.5 Å². The summed E-state index contributed by atoms with van der Waals surface area (Å²) in [7, 11) is 1.74. The van der Waals surface area contributed by atoms with Gasteiger partial charge in [-0.3, -0.25) is 4.90 Å². The second kappa shape index (κ2) is 13.4. The van der Waals surface area contributed by atoms with Gasteiger partial charge in [-0.05, 0) is 122 Å². The average Bonchev–Trinajstić information content (AvgIpc) is 2.93. The Morgan fingerprint density at radius 1 is 1.03 bits per heavy atom. The largest absolute Gasteiger partial charge is 0.508 e. The van der Waals surface area contributed by atoms with Gasteiger partial charge in [0.05, 0.1) is 13.7 Å². The van der Waals surface area contributed by atoms with Crippen molar-refractivity contribution in [3.8, 4) is 17.2 Å². The first-order chi connectivity index (χ1) is 18.8. The molecule has 0 amide bonds. The van der Waals surface area contributed by atoms with Gasteiger partial charge in [0.25, 0.3) is 0 Å². The van der Waals surface area contributed by atoms with Gasteiger partial charge in [-0.1, -0.05) is 59.6 Å². The minimum Gasteiger partial charge on any atom is -0.508 e. The van der Waals surface area contributed by atoms with E-state index >= 15 is 0 Å². The number of methoxy groups -OCH3 is 1. The fourth-order valence-corrected chi connectivity index (χ4v) is 7.95. The van der Waals surface area contributed by atoms with Gasteiger partial charge in [-0.15, -0.1) is 0 Å². The highest BCUT2D eigenvalue weighted by molar-refractivity contribution is 5.43. The first kappa shape index (κ1) is 29.8. The van der Waals surface area contributed by atoms with E-state index in [-0.39, 0.29) is 0 Å². The minimum atomic E-state index is 0.347. The molecule has 0 bridgehead atoms. The first-order valence-corrected chi connectivity index (χ1v) is 15.7. The molecule has 2 aromatic rings. The van der Waals surface area contributed by atoms with Gasteiger partial charge in [0.1, 0.15) is 5.75 Å². The molecule has 5 atom stereocenters. The van der Waals surface area contributed by atoms with Gasteiger partial charge in [0, 0.05) is 6.54 Å². The number of rotatable bonds is 13. The maximum absolute atomic E-state index is 10.1. The molecule has 0 radical (unpaired) electrons. The summed E-state index contributed by atoms with van der Waals surface area (Å²) in [5.41, 5.74) is 4.51. The van der Waals surface area contributed by atoms with Crippen molar-refractivity contribution < 1.29 is 14.6 Å². The van der Waals surface area contributed by atoms with Crippen molar-refractivity contribution in [3.63, 3.8) is 0 Å². The summed E-state index contributed by atoms with van der Waals surface area (Å²) in [6.45, 7) is 15.5. The SMILES string of the molecule is CCCCC1C2C(CCC1(C)CCCOc1ccc(CN(CC)CC)cc1OC)c1ccc(O)cc1C[C@@H]2C. The molecule has 1 fully saturated rings. The fourth-order valence-electron chi connectivity index (χ4n) is 7.95. The highest BCUT2D eigenvalue weighted by Crippen LogP contribution is 2.59. The summed E-state index contributed by atoms with van der Waals surface area (Å²) < 4.78 is 12.0. The van der Waals surface area contributed by atoms with Crippen molar-refractivity contribution in [2.45, 2.75) is 98.4 Å². The van der Waals surface area contributed by atoms with Crippen LogP contribution in [0.2, 0.25) is 0 Å². The monoisotopic (exact) mass is 535 g/mol. The van der Waals surface area contributed by atoms with Crippen LogP contribution in [0.25, 0.3) is 0 Å². The number of nitrogens with zero attached hydrogens (tertiary/aromatic N) is 1. The molecule has 216 valence electrons. The van der Waals surface area contributed by atoms with Crippen molar-refractivity contribution in [3.05, 3.63) is 53.1 Å². The molecule has 4 unspecified atom stereocenters. The predicted molar refractivity (Wildman–Crippen MR) is 162 cm³/mol. The summed E-state index contributed by atoms with van der Waals surface area (Å²) in [5.74, 6) is 4.87. The van der Waals surface area contributed by atoms with Crippen molar-refractivity contribution >= 4 is 0 Å². The Bertz CT molecular complexity index is 1060. The lowest BCUT2D eigenvalue weighted by atomic mass is 9.50. The van der Waals surface area contributed by atoms with E-state index in [0.29, 0.717) is 23.0 Å². The van der Waals surface area contributed by atoms with Crippen LogP contribution in [0, 0.1) is 23.2 Å². The molecule has 1 saturated carbocycles. The van der Waals surface area contributed by atoms with E-state index in [1.165, 1.54) is 55.2 Å². The van der Waals surface area contributed by atoms with Crippen LogP contribution in [0.15, 0.2) is 36.4 Å². The van der Waals surface area contributed by atoms with Crippen LogP contribution in [0.4, 0.5) is 0 Å². The van der Waals surface area contributed by atoms with Crippen LogP contribution in [-0.2, 0) is 13.0 Å². The zero-order chi connectivity index (χ0) is 28.0. The normalized spacial score (nSPS) is 26.2. The number of ether oxygens (including phenoxy) is 2. The van der Waals surface area contributed by atoms with Crippen molar-refractivity contribution in [1.82, 2.24) is 4.90 Å². The van der Waals surface area contributed by atoms with E-state index in [1.807, 2.05) is 12.1 Å². The Kier molecular flexibility index (Phi) is 10.3. The van der Waals surface area contributed by atoms with Crippen LogP contribution in [-0.4, -0.2) is 36.8 Å². The predicted octanol–water partition coefficient (Wildman–Crippen LogP) is 8.60. The molecule has 0 heterocycles. The average molecular weight is 536 g/mol. The van der Waals surface area contributed by atoms with Crippen LogP contribution in [0.5, 0.6) is 17.2 Å². The molecule has 2 aromatic carbocycles. The quantitative estimate of drug-likeness (QED) is 0.261. The lowest BCUT2D eigenvalue weighted by Gasteiger charge is -2.54. The molecule has 4 rings (SSSR count). The zero-order valence-corrected chi connectivity index (χ0v) is 25.5. The number of aromatic hydroxyl groups is 1. The number of phenolic OH excluding ortho intramolecular Hbond substituents is 1. The maximum Gasteiger partial charge on any atom is 0.161 e. The lowest BCUT2D eigenvalue weighted by Crippen LogP contribution is -2.46. The van der Waals surface area contributed by atoms with E-state index in [0.717, 1.165) is 62.4 Å². The van der Waals surface area contributed by atoms with Crippen LogP contribution in [0.1, 0.15) is 102 Å². The van der Waals surface area contributed by atoms with Crippen molar-refractivity contribution in [2.75, 3.05) is 26.8 Å². The Morgan fingerprint density at radius 2 is 1.82 bits per heavy atom. The Morgan fingerprint density at radius 3 is 2.54 bits per heavy atom. The van der Waals surface area contributed by atoms with Crippen molar-refractivity contribution in [1.29, 1.82) is 0 Å². The van der Waals surface area contributed by atoms with Crippen LogP contribution >= 0.6 is 0 Å². The first-order valence-electron chi connectivity index (χ1n) is 15.7. The third kappa shape index (κ3) is 6.76. The van der Waals surface area contributed by atoms with Crippen LogP contribution in [0.3, 0.4) is 0 Å². The van der Waals surface area contributed by atoms with E-state index in [9.17, 15) is 5.11 Å². The zero-order valence-electron chi connectivity index (χ0n) is 25.5. The van der Waals surface area contributed by atoms with E-state index < -0.39 is 0 Å². The Labute approximate surface area is 238 Å². The fraction of sp³-hybridized carbons (Fsp3) is 0.657. The van der Waals surface area contributed by atoms with Gasteiger partial charge >= 0.3 is 0 Å². The second-order valence-electron chi connectivity index (χ2n) is 12.6. The number of hydrogen-bond donors (Lipinski definition) is 1. The minimum absolute atomic E-state index is 0.347. The highest BCUT2D eigenvalue weighted by atomic mass is 16.5. The van der Waals surface area contributed by atoms with Gasteiger partial charge < -0.3 is 14.6 Å². The molecule has 0 aliphatic heterocycles. The van der Waals surface area contributed by atoms with E-state index in [1.54, 1.807) is 7.11 Å². The molecule has 2 aliphatic carbocycles. The molecule has 39 heavy (non-hydrogen) atoms. The Hall–Kier alpha value is -2.20. The third-order valence-corrected chi connectivity index (χ3v) is 10.1. The molecule has 4 nitrogen and oxygen atoms in total. The molecule has 0 spiro atoms. The van der Waals surface area contributed by atoms with Gasteiger partial charge in [-0.25, -0.2) is 0 Å². The van der Waals surface area contributed by atoms with Gasteiger partial charge in [0.2, 0.25) is 0 Å². The Balaban J connectivity index is 1.42. The number of unbranched alkanes of at least 4 members (excludes halogenated alkanes) is 1. The topological polar surface area (TPSA) is 41.9 Å². The van der Waals surface area contributed by atoms with E-state index in [2.05, 4.69) is 63.8 Å². The number of phenols is 1. The van der Waals surface area contributed by atoms with E-state index in [4.69, 9.17) is 9.47 Å². The number of fused-ring (bicyclic) bond motifs is 3. The summed E-state index contributed by atoms with van der Waals surface area (Å²) in [6.07, 6.45) is 9.81. The van der Waals surface area contributed by atoms with Crippen molar-refractivity contribution in [2.24, 2.45) is 23.2 Å². The summed E-state index contributed by atoms with van der Waals surface area (Å²) in [4.78, 5) is 2.41. The lowest BCUT2D eigenvalue weighted by molar-refractivity contribution is -0.00892. The third-order valence-electron chi connectivity index (χ3n) is 10.1. The highest BCUT2D eigenvalue weighted by Gasteiger charge is 2.49. The standard InChI is InChI=1S/C35H53NO3/c1-7-10-12-31-34-25(4)21-27-23-28(37)14-15-29(27)30(34)17-19-35(31,5)18-11-20-39-32-16-13-26(22-33(32)38-6)24-36(8-2)9-3/h13-16,22-23,25,30-31,34,37H,7-12,17-21,24H2,1-6H3/t25-,30?,31?,34?,35?/m0/s1. The number of benzene rings is 2. The van der Waals surface area contributed by atoms with Crippen LogP contribution < -0.4 is 9.47 Å². The van der Waals surface area contributed by atoms with Gasteiger partial charge in [-0.2, -0.15) is 0 Å². The smallest absolute Gasteiger partial charge is 0.161 e. The molecular weight excluding hydrogens is 482 g/mol. The second-order valence-corrected chi connectivity index (χ2v) is 12.6. The molecule has 1 N–H and O–H groups in total. The molecular formula is C35H53NO3. The number of hydrogen-bond acceptors (Lipinski definition) is 4. The summed E-state index contributed by atoms with van der Waals surface area (Å²) in [5, 5.41) is 10.1.